The maximum absolute atomic E-state index is 2.37. The number of hydrogen-bond donors (Lipinski definition) is 0. The Morgan fingerprint density at radius 1 is 0.524 bits per heavy atom. The van der Waals surface area contributed by atoms with E-state index in [1.807, 2.05) is 21.6 Å². The minimum Gasteiger partial charge on any atom is -0.340 e. The number of fused-ring (bicyclic) bond motifs is 2. The minimum atomic E-state index is 1.00. The lowest BCUT2D eigenvalue weighted by Crippen LogP contribution is -2.30. The highest BCUT2D eigenvalue weighted by Gasteiger charge is 2.38. The SMILES string of the molecule is CC[n+]1ccc(C2=C(c3ccc(SSc4ccc(C5=C(c6cc[n+](CC)cc6)N5C)c5c4CC5)c4c3CC4)N2C)cc1. The Labute approximate surface area is 256 Å². The van der Waals surface area contributed by atoms with Gasteiger partial charge in [0.15, 0.2) is 24.8 Å². The van der Waals surface area contributed by atoms with Crippen LogP contribution in [0, 0.1) is 0 Å². The van der Waals surface area contributed by atoms with Crippen LogP contribution in [0.3, 0.4) is 0 Å². The maximum atomic E-state index is 2.37. The van der Waals surface area contributed by atoms with Crippen molar-refractivity contribution in [2.45, 2.75) is 62.4 Å². The van der Waals surface area contributed by atoms with E-state index < -0.39 is 0 Å². The Kier molecular flexibility index (Phi) is 6.27. The molecule has 4 aliphatic rings. The summed E-state index contributed by atoms with van der Waals surface area (Å²) in [5.74, 6) is 0. The van der Waals surface area contributed by atoms with Gasteiger partial charge in [0.1, 0.15) is 13.1 Å². The Morgan fingerprint density at radius 3 is 1.24 bits per heavy atom. The molecule has 0 bridgehead atoms. The van der Waals surface area contributed by atoms with E-state index >= 15 is 0 Å². The van der Waals surface area contributed by atoms with E-state index in [-0.39, 0.29) is 0 Å². The van der Waals surface area contributed by atoms with E-state index in [9.17, 15) is 0 Å². The predicted octanol–water partition coefficient (Wildman–Crippen LogP) is 6.84. The molecule has 2 aromatic carbocycles. The van der Waals surface area contributed by atoms with Crippen LogP contribution in [0.15, 0.2) is 83.1 Å². The van der Waals surface area contributed by atoms with Crippen molar-refractivity contribution in [3.63, 3.8) is 0 Å². The number of benzene rings is 2. The van der Waals surface area contributed by atoms with Gasteiger partial charge in [0.25, 0.3) is 0 Å². The van der Waals surface area contributed by atoms with Gasteiger partial charge in [-0.05, 0) is 73.9 Å². The summed E-state index contributed by atoms with van der Waals surface area (Å²) in [6, 6.07) is 18.5. The Bertz CT molecular complexity index is 1680. The molecule has 0 radical (unpaired) electrons. The van der Waals surface area contributed by atoms with Gasteiger partial charge in [-0.1, -0.05) is 33.7 Å². The second-order valence-corrected chi connectivity index (χ2v) is 13.9. The van der Waals surface area contributed by atoms with E-state index in [2.05, 4.69) is 120 Å². The van der Waals surface area contributed by atoms with E-state index in [1.165, 1.54) is 80.5 Å². The summed E-state index contributed by atoms with van der Waals surface area (Å²) in [5.41, 5.74) is 17.3. The molecule has 0 N–H and O–H groups in total. The number of nitrogens with zero attached hydrogens (tertiary/aromatic N) is 4. The molecule has 0 amide bonds. The zero-order valence-electron chi connectivity index (χ0n) is 24.8. The zero-order valence-corrected chi connectivity index (χ0v) is 26.4. The third-order valence-corrected chi connectivity index (χ3v) is 12.0. The highest BCUT2D eigenvalue weighted by atomic mass is 33.1. The molecule has 0 unspecified atom stereocenters. The molecule has 0 spiro atoms. The molecule has 210 valence electrons. The second-order valence-electron chi connectivity index (χ2n) is 11.7. The summed E-state index contributed by atoms with van der Waals surface area (Å²) in [7, 11) is 8.32. The third-order valence-electron chi connectivity index (χ3n) is 9.51. The van der Waals surface area contributed by atoms with Crippen molar-refractivity contribution >= 4 is 44.4 Å². The Hall–Kier alpha value is -3.48. The van der Waals surface area contributed by atoms with E-state index in [4.69, 9.17) is 0 Å². The molecular formula is C36H36N4S2+2. The van der Waals surface area contributed by atoms with Gasteiger partial charge in [0.05, 0.1) is 22.8 Å². The quantitative estimate of drug-likeness (QED) is 0.157. The first kappa shape index (κ1) is 26.2. The average molecular weight is 589 g/mol. The summed E-state index contributed by atoms with van der Waals surface area (Å²) < 4.78 is 4.43. The molecule has 2 aromatic heterocycles. The van der Waals surface area contributed by atoms with Gasteiger partial charge in [0.2, 0.25) is 0 Å². The van der Waals surface area contributed by atoms with Gasteiger partial charge in [-0.15, -0.1) is 0 Å². The van der Waals surface area contributed by atoms with Crippen LogP contribution < -0.4 is 9.13 Å². The van der Waals surface area contributed by atoms with Crippen LogP contribution in [0.4, 0.5) is 0 Å². The fourth-order valence-electron chi connectivity index (χ4n) is 6.72. The average Bonchev–Trinajstić information content (AvgIpc) is 3.86. The summed E-state index contributed by atoms with van der Waals surface area (Å²) in [5, 5.41) is 0. The Balaban J connectivity index is 1.01. The fourth-order valence-corrected chi connectivity index (χ4v) is 9.27. The van der Waals surface area contributed by atoms with Crippen LogP contribution in [0.25, 0.3) is 22.8 Å². The van der Waals surface area contributed by atoms with Gasteiger partial charge >= 0.3 is 0 Å². The fraction of sp³-hybridized carbons (Fsp3) is 0.278. The normalized spacial score (nSPS) is 16.3. The predicted molar refractivity (Wildman–Crippen MR) is 173 cm³/mol. The van der Waals surface area contributed by atoms with Crippen molar-refractivity contribution in [1.29, 1.82) is 0 Å². The molecule has 4 aromatic rings. The van der Waals surface area contributed by atoms with Crippen molar-refractivity contribution < 1.29 is 9.13 Å². The molecule has 4 nitrogen and oxygen atoms in total. The first-order valence-corrected chi connectivity index (χ1v) is 17.3. The molecule has 2 aliphatic heterocycles. The number of hydrogen-bond acceptors (Lipinski definition) is 4. The number of rotatable bonds is 9. The van der Waals surface area contributed by atoms with Crippen LogP contribution in [0.5, 0.6) is 0 Å². The lowest BCUT2D eigenvalue weighted by molar-refractivity contribution is -0.693. The molecular weight excluding hydrogens is 553 g/mol. The summed E-state index contributed by atoms with van der Waals surface area (Å²) >= 11 is 0. The molecule has 0 fully saturated rings. The van der Waals surface area contributed by atoms with Crippen LogP contribution in [-0.4, -0.2) is 23.9 Å². The van der Waals surface area contributed by atoms with Gasteiger partial charge in [0, 0.05) is 70.4 Å². The van der Waals surface area contributed by atoms with Crippen LogP contribution in [-0.2, 0) is 38.8 Å². The molecule has 0 atom stereocenters. The van der Waals surface area contributed by atoms with Crippen molar-refractivity contribution in [2.24, 2.45) is 0 Å². The lowest BCUT2D eigenvalue weighted by Gasteiger charge is -2.27. The summed E-state index contributed by atoms with van der Waals surface area (Å²) in [4.78, 5) is 7.60. The van der Waals surface area contributed by atoms with Crippen molar-refractivity contribution in [2.75, 3.05) is 14.1 Å². The van der Waals surface area contributed by atoms with Gasteiger partial charge < -0.3 is 9.80 Å². The monoisotopic (exact) mass is 588 g/mol. The van der Waals surface area contributed by atoms with Crippen LogP contribution in [0.2, 0.25) is 0 Å². The molecule has 42 heavy (non-hydrogen) atoms. The van der Waals surface area contributed by atoms with E-state index in [0.717, 1.165) is 13.1 Å². The number of aromatic nitrogens is 2. The van der Waals surface area contributed by atoms with Crippen molar-refractivity contribution in [3.05, 3.63) is 118 Å². The van der Waals surface area contributed by atoms with E-state index in [0.29, 0.717) is 0 Å². The van der Waals surface area contributed by atoms with Crippen LogP contribution in [0.1, 0.15) is 58.4 Å². The molecule has 4 heterocycles. The topological polar surface area (TPSA) is 13.8 Å². The zero-order chi connectivity index (χ0) is 28.5. The third kappa shape index (κ3) is 4.14. The molecule has 6 heteroatoms. The summed E-state index contributed by atoms with van der Waals surface area (Å²) in [6.45, 7) is 6.37. The summed E-state index contributed by atoms with van der Waals surface area (Å²) in [6.07, 6.45) is 13.5. The van der Waals surface area contributed by atoms with Gasteiger partial charge in [-0.25, -0.2) is 9.13 Å². The maximum Gasteiger partial charge on any atom is 0.169 e. The second kappa shape index (κ2) is 10.1. The molecule has 0 saturated heterocycles. The van der Waals surface area contributed by atoms with E-state index in [1.54, 1.807) is 22.3 Å². The van der Waals surface area contributed by atoms with Gasteiger partial charge in [-0.2, -0.15) is 0 Å². The lowest BCUT2D eigenvalue weighted by atomic mass is 9.84. The highest BCUT2D eigenvalue weighted by Crippen LogP contribution is 2.53. The highest BCUT2D eigenvalue weighted by molar-refractivity contribution is 8.76. The smallest absolute Gasteiger partial charge is 0.169 e. The molecule has 2 aliphatic carbocycles. The largest absolute Gasteiger partial charge is 0.340 e. The first-order valence-electron chi connectivity index (χ1n) is 15.2. The molecule has 8 rings (SSSR count). The van der Waals surface area contributed by atoms with Crippen LogP contribution >= 0.6 is 21.6 Å². The Morgan fingerprint density at radius 2 is 0.905 bits per heavy atom. The van der Waals surface area contributed by atoms with Crippen molar-refractivity contribution in [3.8, 4) is 0 Å². The number of aryl methyl sites for hydroxylation is 2. The number of pyridine rings is 2. The first-order chi connectivity index (χ1) is 20.6. The molecule has 0 saturated carbocycles. The van der Waals surface area contributed by atoms with Gasteiger partial charge in [-0.3, -0.25) is 0 Å². The standard InChI is InChI=1S/C36H36N4S2/c1-5-39-19-15-23(16-20-39)33-35(37(33)3)29-11-13-31(27-9-7-25(27)29)41-42-32-14-12-30(26-8-10-28(26)32)36-34(38(36)4)24-17-21-40(6-2)22-18-24/h11-22H,5-10H2,1-4H3/q+2. The van der Waals surface area contributed by atoms with Crippen molar-refractivity contribution in [1.82, 2.24) is 9.80 Å². The minimum absolute atomic E-state index is 1.00.